The second-order valence-corrected chi connectivity index (χ2v) is 48.0. The summed E-state index contributed by atoms with van der Waals surface area (Å²) in [7, 11) is -6.73. The van der Waals surface area contributed by atoms with Gasteiger partial charge in [-0.2, -0.15) is 10.5 Å². The van der Waals surface area contributed by atoms with Crippen molar-refractivity contribution in [2.24, 2.45) is 5.92 Å². The fourth-order valence-corrected chi connectivity index (χ4v) is 17.6. The van der Waals surface area contributed by atoms with Crippen LogP contribution in [-0.2, 0) is 0 Å². The van der Waals surface area contributed by atoms with Crippen LogP contribution < -0.4 is 30.5 Å². The highest BCUT2D eigenvalue weighted by Gasteiger charge is 2.41. The summed E-state index contributed by atoms with van der Waals surface area (Å²) in [5.41, 5.74) is 21.2. The molecule has 424 valence electrons. The third kappa shape index (κ3) is 10.9. The van der Waals surface area contributed by atoms with E-state index in [2.05, 4.69) is 307 Å². The number of para-hydroxylation sites is 2. The minimum atomic E-state index is -1.74. The molecule has 0 spiro atoms. The zero-order chi connectivity index (χ0) is 60.5. The SMILES string of the molecule is C[Si](C)(C)c1cccc(-c2ccc(N(C3=C4C=CC5=C6C(=CC=C(C=C3)C46)C(N(c3ccccc3C#N)c3ccc(-c4cccc([Si](C)(C)C)c4)cc3-c3cccc([Si](C)(C)C)c3)C=C5)c3ccccc3C#N)c(-c3cccc([Si](C)(C)C)c3)c2)c1. The maximum absolute atomic E-state index is 11.1. The zero-order valence-corrected chi connectivity index (χ0v) is 55.9. The number of rotatable bonds is 14. The van der Waals surface area contributed by atoms with E-state index in [1.807, 2.05) is 24.3 Å². The van der Waals surface area contributed by atoms with Crippen LogP contribution in [0, 0.1) is 28.6 Å². The van der Waals surface area contributed by atoms with Crippen molar-refractivity contribution in [2.75, 3.05) is 9.80 Å². The number of nitrogens with zero attached hydrogens (tertiary/aromatic N) is 4. The summed E-state index contributed by atoms with van der Waals surface area (Å²) < 4.78 is 0. The first kappa shape index (κ1) is 57.8. The van der Waals surface area contributed by atoms with Crippen LogP contribution in [0.2, 0.25) is 78.6 Å². The maximum Gasteiger partial charge on any atom is 0.101 e. The highest BCUT2D eigenvalue weighted by Crippen LogP contribution is 2.54. The van der Waals surface area contributed by atoms with Crippen LogP contribution in [0.25, 0.3) is 44.5 Å². The Balaban J connectivity index is 1.05. The van der Waals surface area contributed by atoms with E-state index >= 15 is 0 Å². The van der Waals surface area contributed by atoms with Gasteiger partial charge in [-0.3, -0.25) is 0 Å². The van der Waals surface area contributed by atoms with Gasteiger partial charge in [-0.1, -0.05) is 275 Å². The Hall–Kier alpha value is -8.61. The van der Waals surface area contributed by atoms with Gasteiger partial charge in [-0.05, 0) is 116 Å². The summed E-state index contributed by atoms with van der Waals surface area (Å²) >= 11 is 0. The molecule has 0 fully saturated rings. The summed E-state index contributed by atoms with van der Waals surface area (Å²) in [6.45, 7) is 29.0. The van der Waals surface area contributed by atoms with E-state index in [4.69, 9.17) is 0 Å². The molecule has 4 nitrogen and oxygen atoms in total. The molecule has 4 aliphatic rings. The Morgan fingerprint density at radius 3 is 1.36 bits per heavy atom. The average Bonchev–Trinajstić information content (AvgIpc) is 0.772. The fraction of sp³-hybridized carbons (Fsp3) is 0.179. The monoisotopic (exact) mass is 1180 g/mol. The van der Waals surface area contributed by atoms with E-state index in [1.54, 1.807) is 0 Å². The second-order valence-electron chi connectivity index (χ2n) is 27.7. The van der Waals surface area contributed by atoms with Crippen LogP contribution >= 0.6 is 0 Å². The molecule has 4 aliphatic carbocycles. The molecular weight excluding hydrogens is 1110 g/mol. The largest absolute Gasteiger partial charge is 0.329 e. The molecule has 0 bridgehead atoms. The molecule has 0 radical (unpaired) electrons. The molecule has 86 heavy (non-hydrogen) atoms. The number of hydrogen-bond acceptors (Lipinski definition) is 4. The van der Waals surface area contributed by atoms with Crippen molar-refractivity contribution in [1.29, 1.82) is 10.5 Å². The molecule has 8 aromatic carbocycles. The summed E-state index contributed by atoms with van der Waals surface area (Å²) in [4.78, 5) is 4.82. The average molecular weight is 1180 g/mol. The highest BCUT2D eigenvalue weighted by molar-refractivity contribution is 6.90. The third-order valence-electron chi connectivity index (χ3n) is 17.7. The molecule has 0 aromatic heterocycles. The number of nitriles is 2. The number of anilines is 4. The summed E-state index contributed by atoms with van der Waals surface area (Å²) in [5, 5.41) is 27.8. The summed E-state index contributed by atoms with van der Waals surface area (Å²) in [6, 6.07) is 71.9. The summed E-state index contributed by atoms with van der Waals surface area (Å²) in [6.07, 6.45) is 18.5. The first-order chi connectivity index (χ1) is 41.1. The Bertz CT molecular complexity index is 4390. The van der Waals surface area contributed by atoms with E-state index < -0.39 is 32.3 Å². The van der Waals surface area contributed by atoms with Crippen LogP contribution in [-0.4, -0.2) is 38.3 Å². The van der Waals surface area contributed by atoms with Gasteiger partial charge in [0.25, 0.3) is 0 Å². The lowest BCUT2D eigenvalue weighted by molar-refractivity contribution is 0.773. The molecule has 8 aromatic rings. The smallest absolute Gasteiger partial charge is 0.101 e. The van der Waals surface area contributed by atoms with Crippen molar-refractivity contribution in [3.63, 3.8) is 0 Å². The predicted octanol–water partition coefficient (Wildman–Crippen LogP) is 18.4. The molecular formula is C78H76N4Si4. The Kier molecular flexibility index (Phi) is 15.0. The van der Waals surface area contributed by atoms with Crippen molar-refractivity contribution >= 4 is 75.8 Å². The molecule has 0 saturated carbocycles. The first-order valence-corrected chi connectivity index (χ1v) is 44.3. The van der Waals surface area contributed by atoms with Crippen LogP contribution in [0.5, 0.6) is 0 Å². The van der Waals surface area contributed by atoms with E-state index in [0.717, 1.165) is 61.8 Å². The van der Waals surface area contributed by atoms with Crippen LogP contribution in [0.4, 0.5) is 22.7 Å². The van der Waals surface area contributed by atoms with Crippen molar-refractivity contribution in [3.8, 4) is 56.6 Å². The molecule has 2 atom stereocenters. The fourth-order valence-electron chi connectivity index (χ4n) is 12.8. The molecule has 0 heterocycles. The third-order valence-corrected chi connectivity index (χ3v) is 25.9. The number of hydrogen-bond donors (Lipinski definition) is 0. The van der Waals surface area contributed by atoms with Crippen molar-refractivity contribution in [1.82, 2.24) is 0 Å². The van der Waals surface area contributed by atoms with Gasteiger partial charge < -0.3 is 9.80 Å². The Morgan fingerprint density at radius 2 is 0.837 bits per heavy atom. The molecule has 8 heteroatoms. The highest BCUT2D eigenvalue weighted by atomic mass is 28.3. The normalized spacial score (nSPS) is 16.3. The topological polar surface area (TPSA) is 54.1 Å². The van der Waals surface area contributed by atoms with Crippen LogP contribution in [0.15, 0.2) is 264 Å². The van der Waals surface area contributed by atoms with Gasteiger partial charge in [0.2, 0.25) is 0 Å². The molecule has 0 aliphatic heterocycles. The Morgan fingerprint density at radius 1 is 0.384 bits per heavy atom. The van der Waals surface area contributed by atoms with Crippen LogP contribution in [0.1, 0.15) is 11.1 Å². The lowest BCUT2D eigenvalue weighted by atomic mass is 9.67. The molecule has 12 rings (SSSR count). The minimum absolute atomic E-state index is 0.122. The molecule has 0 saturated heterocycles. The second kappa shape index (κ2) is 22.3. The lowest BCUT2D eigenvalue weighted by Crippen LogP contribution is -2.38. The number of allylic oxidation sites excluding steroid dienone is 10. The van der Waals surface area contributed by atoms with E-state index in [9.17, 15) is 10.5 Å². The number of benzene rings is 8. The van der Waals surface area contributed by atoms with Crippen molar-refractivity contribution < 1.29 is 0 Å². The van der Waals surface area contributed by atoms with Gasteiger partial charge >= 0.3 is 0 Å². The predicted molar refractivity (Wildman–Crippen MR) is 378 cm³/mol. The molecule has 2 unspecified atom stereocenters. The van der Waals surface area contributed by atoms with Gasteiger partial charge in [0.15, 0.2) is 0 Å². The maximum atomic E-state index is 11.1. The van der Waals surface area contributed by atoms with Crippen LogP contribution in [0.3, 0.4) is 0 Å². The van der Waals surface area contributed by atoms with Gasteiger partial charge in [-0.15, -0.1) is 0 Å². The van der Waals surface area contributed by atoms with E-state index in [-0.39, 0.29) is 12.0 Å². The molecule has 0 amide bonds. The van der Waals surface area contributed by atoms with E-state index in [1.165, 1.54) is 59.7 Å². The first-order valence-electron chi connectivity index (χ1n) is 30.3. The van der Waals surface area contributed by atoms with Gasteiger partial charge in [-0.25, -0.2) is 0 Å². The van der Waals surface area contributed by atoms with Gasteiger partial charge in [0, 0.05) is 22.7 Å². The van der Waals surface area contributed by atoms with Crippen molar-refractivity contribution in [2.45, 2.75) is 84.6 Å². The quantitative estimate of drug-likeness (QED) is 0.102. The Labute approximate surface area is 515 Å². The van der Waals surface area contributed by atoms with Gasteiger partial charge in [0.1, 0.15) is 12.1 Å². The van der Waals surface area contributed by atoms with E-state index in [0.29, 0.717) is 11.1 Å². The standard InChI is InChI=1S/C78H76N4Si4/c1-83(2,3)63-27-17-23-55(45-63)57-37-43-75(69(49-57)59-25-19-29-65(47-59)85(7,8)9)81(71-31-15-13-21-61(71)51-79)73-41-35-53-34-40-68-74(42-36-54-33-39-67(73)77(53)78(54)68)82(72-32-16-14-22-62(72)52-80)76-44-38-58(56-24-18-28-64(46-56)84(4,5)6)50-70(76)60-26-20-30-66(48-60)86(10,11)12/h13-50,73,78H,1-12H3. The van der Waals surface area contributed by atoms with Gasteiger partial charge in [0.05, 0.1) is 72.2 Å². The summed E-state index contributed by atoms with van der Waals surface area (Å²) in [5.74, 6) is -0.122. The minimum Gasteiger partial charge on any atom is -0.329 e. The zero-order valence-electron chi connectivity index (χ0n) is 51.9. The van der Waals surface area contributed by atoms with Crippen molar-refractivity contribution in [3.05, 3.63) is 275 Å². The lowest BCUT2D eigenvalue weighted by Gasteiger charge is -2.44. The molecule has 0 N–H and O–H groups in total.